The summed E-state index contributed by atoms with van der Waals surface area (Å²) in [5.41, 5.74) is -0.0769. The third-order valence-electron chi connectivity index (χ3n) is 2.96. The van der Waals surface area contributed by atoms with Gasteiger partial charge in [0.05, 0.1) is 6.04 Å². The van der Waals surface area contributed by atoms with Crippen LogP contribution in [0.25, 0.3) is 0 Å². The molecule has 0 saturated carbocycles. The van der Waals surface area contributed by atoms with E-state index in [9.17, 15) is 14.7 Å². The van der Waals surface area contributed by atoms with Crippen molar-refractivity contribution < 1.29 is 19.4 Å². The maximum atomic E-state index is 12.3. The molecule has 5 nitrogen and oxygen atoms in total. The van der Waals surface area contributed by atoms with E-state index in [1.807, 2.05) is 6.92 Å². The first-order chi connectivity index (χ1) is 9.80. The lowest BCUT2D eigenvalue weighted by Crippen LogP contribution is -2.39. The van der Waals surface area contributed by atoms with E-state index in [0.29, 0.717) is 12.1 Å². The SMILES string of the molecule is CCN(C(=O)OC(C)(C)C)C(CC=O)c1ccccc1O. The molecule has 0 aliphatic rings. The molecule has 1 aromatic carbocycles. The predicted octanol–water partition coefficient (Wildman–Crippen LogP) is 3.28. The number of aromatic hydroxyl groups is 1. The van der Waals surface area contributed by atoms with Crippen LogP contribution in [0.2, 0.25) is 0 Å². The molecule has 1 N–H and O–H groups in total. The van der Waals surface area contributed by atoms with Gasteiger partial charge in [0.2, 0.25) is 0 Å². The first-order valence-corrected chi connectivity index (χ1v) is 7.01. The number of carbonyl (C=O) groups is 2. The molecule has 0 bridgehead atoms. The van der Waals surface area contributed by atoms with Crippen LogP contribution in [0.3, 0.4) is 0 Å². The van der Waals surface area contributed by atoms with Gasteiger partial charge >= 0.3 is 6.09 Å². The van der Waals surface area contributed by atoms with Gasteiger partial charge in [0.1, 0.15) is 17.6 Å². The molecular weight excluding hydrogens is 270 g/mol. The highest BCUT2D eigenvalue weighted by Gasteiger charge is 2.29. The lowest BCUT2D eigenvalue weighted by molar-refractivity contribution is -0.108. The summed E-state index contributed by atoms with van der Waals surface area (Å²) in [7, 11) is 0. The Labute approximate surface area is 125 Å². The van der Waals surface area contributed by atoms with Crippen LogP contribution in [0.15, 0.2) is 24.3 Å². The van der Waals surface area contributed by atoms with Crippen molar-refractivity contribution in [2.24, 2.45) is 0 Å². The molecule has 1 amide bonds. The number of rotatable bonds is 5. The summed E-state index contributed by atoms with van der Waals surface area (Å²) in [5.74, 6) is 0.0614. The lowest BCUT2D eigenvalue weighted by Gasteiger charge is -2.32. The van der Waals surface area contributed by atoms with E-state index in [-0.39, 0.29) is 12.2 Å². The molecular formula is C16H23NO4. The number of aldehydes is 1. The summed E-state index contributed by atoms with van der Waals surface area (Å²) >= 11 is 0. The fraction of sp³-hybridized carbons (Fsp3) is 0.500. The summed E-state index contributed by atoms with van der Waals surface area (Å²) in [4.78, 5) is 24.7. The molecule has 0 aliphatic carbocycles. The number of hydrogen-bond donors (Lipinski definition) is 1. The second-order valence-electron chi connectivity index (χ2n) is 5.74. The van der Waals surface area contributed by atoms with E-state index < -0.39 is 17.7 Å². The number of benzene rings is 1. The zero-order chi connectivity index (χ0) is 16.0. The van der Waals surface area contributed by atoms with Crippen LogP contribution in [-0.4, -0.2) is 34.5 Å². The molecule has 5 heteroatoms. The summed E-state index contributed by atoms with van der Waals surface area (Å²) in [5, 5.41) is 9.97. The minimum absolute atomic E-state index is 0.0614. The summed E-state index contributed by atoms with van der Waals surface area (Å²) in [6.45, 7) is 7.54. The van der Waals surface area contributed by atoms with Crippen LogP contribution >= 0.6 is 0 Å². The van der Waals surface area contributed by atoms with Crippen molar-refractivity contribution >= 4 is 12.4 Å². The van der Waals surface area contributed by atoms with Crippen LogP contribution in [0.5, 0.6) is 5.75 Å². The standard InChI is InChI=1S/C16H23NO4/c1-5-17(15(20)21-16(2,3)4)13(10-11-18)12-8-6-7-9-14(12)19/h6-9,11,13,19H,5,10H2,1-4H3. The van der Waals surface area contributed by atoms with E-state index in [1.165, 1.54) is 11.0 Å². The minimum atomic E-state index is -0.616. The van der Waals surface area contributed by atoms with Crippen LogP contribution in [0.4, 0.5) is 4.79 Å². The highest BCUT2D eigenvalue weighted by molar-refractivity contribution is 5.70. The molecule has 0 aliphatic heterocycles. The van der Waals surface area contributed by atoms with Gasteiger partial charge in [0, 0.05) is 18.5 Å². The first-order valence-electron chi connectivity index (χ1n) is 7.01. The molecule has 1 unspecified atom stereocenters. The fourth-order valence-corrected chi connectivity index (χ4v) is 2.08. The number of carbonyl (C=O) groups excluding carboxylic acids is 2. The third-order valence-corrected chi connectivity index (χ3v) is 2.96. The smallest absolute Gasteiger partial charge is 0.410 e. The molecule has 0 spiro atoms. The Hall–Kier alpha value is -2.04. The largest absolute Gasteiger partial charge is 0.508 e. The predicted molar refractivity (Wildman–Crippen MR) is 80.1 cm³/mol. The summed E-state index contributed by atoms with van der Waals surface area (Å²) in [6.07, 6.45) is 0.342. The maximum absolute atomic E-state index is 12.3. The lowest BCUT2D eigenvalue weighted by atomic mass is 10.0. The molecule has 0 radical (unpaired) electrons. The fourth-order valence-electron chi connectivity index (χ4n) is 2.08. The van der Waals surface area contributed by atoms with Crippen molar-refractivity contribution in [1.82, 2.24) is 4.90 Å². The summed E-state index contributed by atoms with van der Waals surface area (Å²) in [6, 6.07) is 6.16. The third kappa shape index (κ3) is 4.77. The molecule has 0 aromatic heterocycles. The number of para-hydroxylation sites is 1. The monoisotopic (exact) mass is 293 g/mol. The second kappa shape index (κ2) is 7.11. The zero-order valence-electron chi connectivity index (χ0n) is 13.0. The normalized spacial score (nSPS) is 12.6. The zero-order valence-corrected chi connectivity index (χ0v) is 13.0. The van der Waals surface area contributed by atoms with E-state index >= 15 is 0 Å². The van der Waals surface area contributed by atoms with Gasteiger partial charge in [0.25, 0.3) is 0 Å². The highest BCUT2D eigenvalue weighted by atomic mass is 16.6. The average molecular weight is 293 g/mol. The second-order valence-corrected chi connectivity index (χ2v) is 5.74. The van der Waals surface area contributed by atoms with E-state index in [1.54, 1.807) is 39.0 Å². The van der Waals surface area contributed by atoms with Gasteiger partial charge in [-0.1, -0.05) is 18.2 Å². The van der Waals surface area contributed by atoms with E-state index in [0.717, 1.165) is 6.29 Å². The molecule has 0 fully saturated rings. The van der Waals surface area contributed by atoms with Crippen molar-refractivity contribution in [2.45, 2.75) is 45.8 Å². The number of phenols is 1. The van der Waals surface area contributed by atoms with Crippen molar-refractivity contribution in [3.05, 3.63) is 29.8 Å². The van der Waals surface area contributed by atoms with Crippen molar-refractivity contribution in [1.29, 1.82) is 0 Å². The van der Waals surface area contributed by atoms with Crippen molar-refractivity contribution in [3.63, 3.8) is 0 Å². The topological polar surface area (TPSA) is 66.8 Å². The van der Waals surface area contributed by atoms with Gasteiger partial charge in [-0.15, -0.1) is 0 Å². The van der Waals surface area contributed by atoms with Gasteiger partial charge in [-0.3, -0.25) is 0 Å². The molecule has 1 aromatic rings. The highest BCUT2D eigenvalue weighted by Crippen LogP contribution is 2.31. The number of nitrogens with zero attached hydrogens (tertiary/aromatic N) is 1. The minimum Gasteiger partial charge on any atom is -0.508 e. The van der Waals surface area contributed by atoms with Crippen LogP contribution < -0.4 is 0 Å². The Bertz CT molecular complexity index is 493. The van der Waals surface area contributed by atoms with Crippen LogP contribution in [-0.2, 0) is 9.53 Å². The Morgan fingerprint density at radius 3 is 2.48 bits per heavy atom. The van der Waals surface area contributed by atoms with Crippen LogP contribution in [0.1, 0.15) is 45.7 Å². The molecule has 0 saturated heterocycles. The maximum Gasteiger partial charge on any atom is 0.410 e. The van der Waals surface area contributed by atoms with Gasteiger partial charge in [-0.2, -0.15) is 0 Å². The Morgan fingerprint density at radius 1 is 1.38 bits per heavy atom. The van der Waals surface area contributed by atoms with Gasteiger partial charge in [-0.05, 0) is 33.8 Å². The molecule has 1 atom stereocenters. The quantitative estimate of drug-likeness (QED) is 0.846. The van der Waals surface area contributed by atoms with E-state index in [4.69, 9.17) is 4.74 Å². The Morgan fingerprint density at radius 2 is 2.00 bits per heavy atom. The first kappa shape index (κ1) is 17.0. The van der Waals surface area contributed by atoms with Crippen LogP contribution in [0, 0.1) is 0 Å². The Balaban J connectivity index is 3.09. The average Bonchev–Trinajstić information content (AvgIpc) is 2.37. The molecule has 0 heterocycles. The Kier molecular flexibility index (Phi) is 5.76. The number of amides is 1. The van der Waals surface area contributed by atoms with Gasteiger partial charge < -0.3 is 19.5 Å². The van der Waals surface area contributed by atoms with E-state index in [2.05, 4.69) is 0 Å². The van der Waals surface area contributed by atoms with Gasteiger partial charge in [0.15, 0.2) is 0 Å². The molecule has 1 rings (SSSR count). The van der Waals surface area contributed by atoms with Crippen molar-refractivity contribution in [3.8, 4) is 5.75 Å². The number of hydrogen-bond acceptors (Lipinski definition) is 4. The van der Waals surface area contributed by atoms with Gasteiger partial charge in [-0.25, -0.2) is 4.79 Å². The number of phenolic OH excluding ortho intramolecular Hbond substituents is 1. The molecule has 21 heavy (non-hydrogen) atoms. The van der Waals surface area contributed by atoms with Crippen molar-refractivity contribution in [2.75, 3.05) is 6.54 Å². The number of ether oxygens (including phenoxy) is 1. The molecule has 116 valence electrons. The summed E-state index contributed by atoms with van der Waals surface area (Å²) < 4.78 is 5.37.